The van der Waals surface area contributed by atoms with Crippen LogP contribution < -0.4 is 10.6 Å². The van der Waals surface area contributed by atoms with E-state index >= 15 is 0 Å². The third kappa shape index (κ3) is 3.18. The average Bonchev–Trinajstić information content (AvgIpc) is 3.00. The van der Waals surface area contributed by atoms with Crippen LogP contribution in [0.1, 0.15) is 25.7 Å². The van der Waals surface area contributed by atoms with Gasteiger partial charge in [-0.2, -0.15) is 0 Å². The first-order valence-electron chi connectivity index (χ1n) is 5.46. The fourth-order valence-electron chi connectivity index (χ4n) is 1.65. The number of hydrogen-bond acceptors (Lipinski definition) is 2. The Labute approximate surface area is 84.4 Å². The number of amides is 2. The molecule has 2 amide bonds. The van der Waals surface area contributed by atoms with Crippen molar-refractivity contribution in [2.45, 2.75) is 31.7 Å². The molecule has 14 heavy (non-hydrogen) atoms. The number of hydrogen-bond donors (Lipinski definition) is 2. The second-order valence-corrected chi connectivity index (χ2v) is 4.18. The Hall–Kier alpha value is -0.770. The number of nitrogens with one attached hydrogen (secondary N) is 2. The molecule has 2 fully saturated rings. The largest absolute Gasteiger partial charge is 0.381 e. The second-order valence-electron chi connectivity index (χ2n) is 4.18. The molecule has 4 nitrogen and oxygen atoms in total. The van der Waals surface area contributed by atoms with Crippen molar-refractivity contribution < 1.29 is 9.53 Å². The number of carbonyl (C=O) groups is 1. The van der Waals surface area contributed by atoms with Crippen molar-refractivity contribution in [3.05, 3.63) is 0 Å². The fraction of sp³-hybridized carbons (Fsp3) is 0.900. The molecule has 1 heterocycles. The molecule has 2 N–H and O–H groups in total. The zero-order valence-electron chi connectivity index (χ0n) is 8.42. The van der Waals surface area contributed by atoms with Crippen molar-refractivity contribution in [3.63, 3.8) is 0 Å². The van der Waals surface area contributed by atoms with Gasteiger partial charge in [0.05, 0.1) is 0 Å². The standard InChI is InChI=1S/C10H18N2O2/c13-10(12-9-1-2-9)11-7-8-3-5-14-6-4-8/h8-9H,1-7H2,(H2,11,12,13). The van der Waals surface area contributed by atoms with Crippen LogP contribution in [-0.4, -0.2) is 31.8 Å². The van der Waals surface area contributed by atoms with Crippen LogP contribution in [0.15, 0.2) is 0 Å². The fourth-order valence-corrected chi connectivity index (χ4v) is 1.65. The monoisotopic (exact) mass is 198 g/mol. The molecule has 1 saturated carbocycles. The predicted molar refractivity (Wildman–Crippen MR) is 53.1 cm³/mol. The summed E-state index contributed by atoms with van der Waals surface area (Å²) in [5.74, 6) is 0.605. The average molecular weight is 198 g/mol. The lowest BCUT2D eigenvalue weighted by Crippen LogP contribution is -2.40. The summed E-state index contributed by atoms with van der Waals surface area (Å²) < 4.78 is 5.25. The van der Waals surface area contributed by atoms with Gasteiger partial charge in [-0.1, -0.05) is 0 Å². The maximum Gasteiger partial charge on any atom is 0.315 e. The molecular weight excluding hydrogens is 180 g/mol. The van der Waals surface area contributed by atoms with Gasteiger partial charge in [-0.25, -0.2) is 4.79 Å². The Bertz CT molecular complexity index is 198. The Balaban J connectivity index is 1.57. The van der Waals surface area contributed by atoms with Gasteiger partial charge < -0.3 is 15.4 Å². The van der Waals surface area contributed by atoms with Crippen LogP contribution in [0.25, 0.3) is 0 Å². The Morgan fingerprint density at radius 3 is 2.57 bits per heavy atom. The van der Waals surface area contributed by atoms with Gasteiger partial charge in [0.1, 0.15) is 0 Å². The minimum absolute atomic E-state index is 0.000933. The number of rotatable bonds is 3. The van der Waals surface area contributed by atoms with E-state index in [-0.39, 0.29) is 6.03 Å². The van der Waals surface area contributed by atoms with Crippen LogP contribution in [0, 0.1) is 5.92 Å². The molecule has 80 valence electrons. The third-order valence-electron chi connectivity index (χ3n) is 2.80. The van der Waals surface area contributed by atoms with Crippen LogP contribution >= 0.6 is 0 Å². The van der Waals surface area contributed by atoms with Crippen LogP contribution in [0.4, 0.5) is 4.79 Å². The minimum atomic E-state index is -0.000933. The molecule has 0 atom stereocenters. The highest BCUT2D eigenvalue weighted by atomic mass is 16.5. The van der Waals surface area contributed by atoms with Crippen molar-refractivity contribution in [2.24, 2.45) is 5.92 Å². The first kappa shape index (κ1) is 9.77. The molecule has 0 aromatic heterocycles. The highest BCUT2D eigenvalue weighted by Gasteiger charge is 2.23. The smallest absolute Gasteiger partial charge is 0.315 e. The maximum atomic E-state index is 11.3. The summed E-state index contributed by atoms with van der Waals surface area (Å²) in [7, 11) is 0. The number of urea groups is 1. The lowest BCUT2D eigenvalue weighted by Gasteiger charge is -2.22. The zero-order chi connectivity index (χ0) is 9.80. The topological polar surface area (TPSA) is 50.4 Å². The number of carbonyl (C=O) groups excluding carboxylic acids is 1. The maximum absolute atomic E-state index is 11.3. The first-order valence-corrected chi connectivity index (χ1v) is 5.46. The highest BCUT2D eigenvalue weighted by Crippen LogP contribution is 2.18. The number of ether oxygens (including phenoxy) is 1. The van der Waals surface area contributed by atoms with Gasteiger partial charge in [0.25, 0.3) is 0 Å². The minimum Gasteiger partial charge on any atom is -0.381 e. The van der Waals surface area contributed by atoms with Crippen LogP contribution in [-0.2, 0) is 4.74 Å². The van der Waals surface area contributed by atoms with E-state index in [9.17, 15) is 4.79 Å². The molecule has 2 aliphatic rings. The van der Waals surface area contributed by atoms with Gasteiger partial charge in [0.15, 0.2) is 0 Å². The van der Waals surface area contributed by atoms with E-state index in [1.807, 2.05) is 0 Å². The van der Waals surface area contributed by atoms with E-state index in [1.165, 1.54) is 0 Å². The summed E-state index contributed by atoms with van der Waals surface area (Å²) in [6, 6.07) is 0.448. The van der Waals surface area contributed by atoms with E-state index in [4.69, 9.17) is 4.74 Å². The summed E-state index contributed by atoms with van der Waals surface area (Å²) >= 11 is 0. The molecule has 1 saturated heterocycles. The molecule has 0 bridgehead atoms. The van der Waals surface area contributed by atoms with Gasteiger partial charge in [0.2, 0.25) is 0 Å². The molecule has 0 aromatic carbocycles. The Morgan fingerprint density at radius 1 is 1.21 bits per heavy atom. The molecule has 0 spiro atoms. The van der Waals surface area contributed by atoms with Crippen molar-refractivity contribution in [2.75, 3.05) is 19.8 Å². The van der Waals surface area contributed by atoms with Gasteiger partial charge in [-0.05, 0) is 31.6 Å². The van der Waals surface area contributed by atoms with Crippen LogP contribution in [0.3, 0.4) is 0 Å². The zero-order valence-corrected chi connectivity index (χ0v) is 8.42. The van der Waals surface area contributed by atoms with Crippen molar-refractivity contribution in [1.29, 1.82) is 0 Å². The van der Waals surface area contributed by atoms with Gasteiger partial charge >= 0.3 is 6.03 Å². The highest BCUT2D eigenvalue weighted by molar-refractivity contribution is 5.74. The molecule has 2 rings (SSSR count). The first-order chi connectivity index (χ1) is 6.84. The van der Waals surface area contributed by atoms with Crippen molar-refractivity contribution in [1.82, 2.24) is 10.6 Å². The molecule has 1 aliphatic heterocycles. The normalized spacial score (nSPS) is 23.1. The van der Waals surface area contributed by atoms with Gasteiger partial charge in [0, 0.05) is 25.8 Å². The van der Waals surface area contributed by atoms with E-state index in [0.29, 0.717) is 12.0 Å². The van der Waals surface area contributed by atoms with E-state index in [1.54, 1.807) is 0 Å². The van der Waals surface area contributed by atoms with Gasteiger partial charge in [-0.3, -0.25) is 0 Å². The van der Waals surface area contributed by atoms with Gasteiger partial charge in [-0.15, -0.1) is 0 Å². The van der Waals surface area contributed by atoms with E-state index < -0.39 is 0 Å². The molecule has 4 heteroatoms. The third-order valence-corrected chi connectivity index (χ3v) is 2.80. The molecule has 0 unspecified atom stereocenters. The SMILES string of the molecule is O=C(NCC1CCOCC1)NC1CC1. The van der Waals surface area contributed by atoms with Crippen LogP contribution in [0.2, 0.25) is 0 Å². The lowest BCUT2D eigenvalue weighted by molar-refractivity contribution is 0.0669. The van der Waals surface area contributed by atoms with Crippen molar-refractivity contribution in [3.8, 4) is 0 Å². The molecule has 0 aromatic rings. The van der Waals surface area contributed by atoms with E-state index in [2.05, 4.69) is 10.6 Å². The quantitative estimate of drug-likeness (QED) is 0.707. The lowest BCUT2D eigenvalue weighted by atomic mass is 10.0. The summed E-state index contributed by atoms with van der Waals surface area (Å²) in [5, 5.41) is 5.83. The second kappa shape index (κ2) is 4.64. The summed E-state index contributed by atoms with van der Waals surface area (Å²) in [5.41, 5.74) is 0. The van der Waals surface area contributed by atoms with E-state index in [0.717, 1.165) is 45.4 Å². The predicted octanol–water partition coefficient (Wildman–Crippen LogP) is 0.875. The molecule has 0 radical (unpaired) electrons. The summed E-state index contributed by atoms with van der Waals surface area (Å²) in [4.78, 5) is 11.3. The molecule has 1 aliphatic carbocycles. The molecular formula is C10H18N2O2. The summed E-state index contributed by atoms with van der Waals surface area (Å²) in [6.45, 7) is 2.48. The van der Waals surface area contributed by atoms with Crippen molar-refractivity contribution >= 4 is 6.03 Å². The summed E-state index contributed by atoms with van der Waals surface area (Å²) in [6.07, 6.45) is 4.43. The Morgan fingerprint density at radius 2 is 1.93 bits per heavy atom. The van der Waals surface area contributed by atoms with Crippen LogP contribution in [0.5, 0.6) is 0 Å². The Kier molecular flexibility index (Phi) is 3.24.